The molecule has 1 N–H and O–H groups in total. The van der Waals surface area contributed by atoms with Gasteiger partial charge in [0.2, 0.25) is 10.0 Å². The fourth-order valence-electron chi connectivity index (χ4n) is 1.95. The van der Waals surface area contributed by atoms with E-state index in [0.29, 0.717) is 5.75 Å². The van der Waals surface area contributed by atoms with Crippen molar-refractivity contribution in [2.24, 2.45) is 0 Å². The van der Waals surface area contributed by atoms with Gasteiger partial charge >= 0.3 is 0 Å². The summed E-state index contributed by atoms with van der Waals surface area (Å²) in [5, 5.41) is 0. The number of methoxy groups -OCH3 is 2. The molecule has 0 aliphatic rings. The van der Waals surface area contributed by atoms with Crippen molar-refractivity contribution in [3.63, 3.8) is 0 Å². The summed E-state index contributed by atoms with van der Waals surface area (Å²) in [6.45, 7) is 0.305. The van der Waals surface area contributed by atoms with E-state index in [-0.39, 0.29) is 18.9 Å². The van der Waals surface area contributed by atoms with Gasteiger partial charge in [-0.25, -0.2) is 13.1 Å². The highest BCUT2D eigenvalue weighted by molar-refractivity contribution is 7.89. The lowest BCUT2D eigenvalue weighted by Crippen LogP contribution is -2.28. The van der Waals surface area contributed by atoms with E-state index in [2.05, 4.69) is 4.72 Å². The van der Waals surface area contributed by atoms with Crippen LogP contribution in [0.3, 0.4) is 0 Å². The molecule has 2 aromatic rings. The summed E-state index contributed by atoms with van der Waals surface area (Å²) in [6, 6.07) is 14.2. The van der Waals surface area contributed by atoms with Crippen molar-refractivity contribution in [3.8, 4) is 17.2 Å². The van der Waals surface area contributed by atoms with Crippen molar-refractivity contribution in [2.75, 3.05) is 26.6 Å². The van der Waals surface area contributed by atoms with Gasteiger partial charge in [-0.1, -0.05) is 12.1 Å². The quantitative estimate of drug-likeness (QED) is 0.750. The highest BCUT2D eigenvalue weighted by Gasteiger charge is 2.10. The molecular formula is C17H21NO5S. The van der Waals surface area contributed by atoms with Gasteiger partial charge in [0, 0.05) is 6.54 Å². The molecule has 0 unspecified atom stereocenters. The zero-order chi connectivity index (χ0) is 17.4. The molecule has 0 saturated heterocycles. The summed E-state index contributed by atoms with van der Waals surface area (Å²) >= 11 is 0. The average Bonchev–Trinajstić information content (AvgIpc) is 2.61. The lowest BCUT2D eigenvalue weighted by molar-refractivity contribution is 0.339. The van der Waals surface area contributed by atoms with Crippen LogP contribution in [0.15, 0.2) is 48.5 Å². The van der Waals surface area contributed by atoms with Crippen LogP contribution in [-0.2, 0) is 16.6 Å². The second-order valence-electron chi connectivity index (χ2n) is 5.01. The molecule has 2 aromatic carbocycles. The van der Waals surface area contributed by atoms with Crippen LogP contribution in [-0.4, -0.2) is 35.0 Å². The summed E-state index contributed by atoms with van der Waals surface area (Å²) < 4.78 is 42.1. The topological polar surface area (TPSA) is 73.9 Å². The van der Waals surface area contributed by atoms with E-state index < -0.39 is 10.0 Å². The third-order valence-corrected chi connectivity index (χ3v) is 4.62. The zero-order valence-corrected chi connectivity index (χ0v) is 14.5. The Morgan fingerprint density at radius 3 is 1.88 bits per heavy atom. The normalized spacial score (nSPS) is 11.1. The molecule has 2 rings (SSSR count). The van der Waals surface area contributed by atoms with Gasteiger partial charge in [0.1, 0.15) is 23.9 Å². The zero-order valence-electron chi connectivity index (χ0n) is 13.7. The van der Waals surface area contributed by atoms with Crippen LogP contribution >= 0.6 is 0 Å². The molecule has 0 aliphatic heterocycles. The number of rotatable bonds is 9. The monoisotopic (exact) mass is 351 g/mol. The number of sulfonamides is 1. The van der Waals surface area contributed by atoms with Crippen LogP contribution in [0.25, 0.3) is 0 Å². The molecule has 6 nitrogen and oxygen atoms in total. The van der Waals surface area contributed by atoms with Crippen molar-refractivity contribution in [1.82, 2.24) is 4.72 Å². The van der Waals surface area contributed by atoms with E-state index in [1.54, 1.807) is 50.6 Å². The molecule has 0 spiro atoms. The van der Waals surface area contributed by atoms with Gasteiger partial charge in [-0.2, -0.15) is 0 Å². The molecular weight excluding hydrogens is 330 g/mol. The Morgan fingerprint density at radius 2 is 1.33 bits per heavy atom. The van der Waals surface area contributed by atoms with Crippen LogP contribution in [0.2, 0.25) is 0 Å². The Morgan fingerprint density at radius 1 is 0.833 bits per heavy atom. The maximum absolute atomic E-state index is 12.0. The Hall–Kier alpha value is -2.25. The van der Waals surface area contributed by atoms with Crippen molar-refractivity contribution in [3.05, 3.63) is 54.1 Å². The summed E-state index contributed by atoms with van der Waals surface area (Å²) in [4.78, 5) is 0. The van der Waals surface area contributed by atoms with E-state index in [9.17, 15) is 8.42 Å². The van der Waals surface area contributed by atoms with Crippen LogP contribution in [0.1, 0.15) is 5.56 Å². The smallest absolute Gasteiger partial charge is 0.215 e. The molecule has 0 aromatic heterocycles. The Balaban J connectivity index is 1.77. The number of hydrogen-bond acceptors (Lipinski definition) is 5. The minimum absolute atomic E-state index is 0.0737. The Kier molecular flexibility index (Phi) is 6.45. The molecule has 7 heteroatoms. The molecule has 0 fully saturated rings. The predicted octanol–water partition coefficient (Wildman–Crippen LogP) is 2.20. The first-order valence-electron chi connectivity index (χ1n) is 7.39. The number of benzene rings is 2. The van der Waals surface area contributed by atoms with Crippen molar-refractivity contribution in [1.29, 1.82) is 0 Å². The lowest BCUT2D eigenvalue weighted by Gasteiger charge is -2.09. The molecule has 0 saturated carbocycles. The Bertz CT molecular complexity index is 727. The van der Waals surface area contributed by atoms with Crippen LogP contribution < -0.4 is 18.9 Å². The molecule has 24 heavy (non-hydrogen) atoms. The molecule has 0 amide bonds. The molecule has 0 atom stereocenters. The van der Waals surface area contributed by atoms with Crippen molar-refractivity contribution >= 4 is 10.0 Å². The van der Waals surface area contributed by atoms with Crippen LogP contribution in [0.4, 0.5) is 0 Å². The summed E-state index contributed by atoms with van der Waals surface area (Å²) in [7, 11) is -0.245. The summed E-state index contributed by atoms with van der Waals surface area (Å²) in [5.74, 6) is 1.93. The van der Waals surface area contributed by atoms with Crippen molar-refractivity contribution < 1.29 is 22.6 Å². The number of nitrogens with one attached hydrogen (secondary N) is 1. The van der Waals surface area contributed by atoms with Gasteiger partial charge in [0.15, 0.2) is 0 Å². The third-order valence-electron chi connectivity index (χ3n) is 3.34. The minimum Gasteiger partial charge on any atom is -0.497 e. The highest BCUT2D eigenvalue weighted by atomic mass is 32.2. The SMILES string of the molecule is COc1ccc(CNS(=O)(=O)CCOc2ccc(OC)cc2)cc1. The first-order chi connectivity index (χ1) is 11.5. The molecule has 0 aliphatic carbocycles. The van der Waals surface area contributed by atoms with Gasteiger partial charge in [-0.05, 0) is 42.0 Å². The number of hydrogen-bond donors (Lipinski definition) is 1. The largest absolute Gasteiger partial charge is 0.497 e. The molecule has 0 bridgehead atoms. The fourth-order valence-corrected chi connectivity index (χ4v) is 2.78. The van der Waals surface area contributed by atoms with E-state index in [1.165, 1.54) is 0 Å². The lowest BCUT2D eigenvalue weighted by atomic mass is 10.2. The van der Waals surface area contributed by atoms with Gasteiger partial charge in [0.05, 0.1) is 20.0 Å². The molecule has 0 radical (unpaired) electrons. The van der Waals surface area contributed by atoms with E-state index in [1.807, 2.05) is 12.1 Å². The maximum atomic E-state index is 12.0. The maximum Gasteiger partial charge on any atom is 0.215 e. The first kappa shape index (κ1) is 18.1. The first-order valence-corrected chi connectivity index (χ1v) is 9.05. The predicted molar refractivity (Wildman–Crippen MR) is 92.1 cm³/mol. The Labute approximate surface area is 142 Å². The highest BCUT2D eigenvalue weighted by Crippen LogP contribution is 2.17. The molecule has 130 valence electrons. The molecule has 0 heterocycles. The average molecular weight is 351 g/mol. The van der Waals surface area contributed by atoms with Crippen molar-refractivity contribution in [2.45, 2.75) is 6.54 Å². The van der Waals surface area contributed by atoms with E-state index >= 15 is 0 Å². The van der Waals surface area contributed by atoms with E-state index in [0.717, 1.165) is 17.1 Å². The van der Waals surface area contributed by atoms with Crippen LogP contribution in [0.5, 0.6) is 17.2 Å². The van der Waals surface area contributed by atoms with Crippen LogP contribution in [0, 0.1) is 0 Å². The van der Waals surface area contributed by atoms with Gasteiger partial charge in [-0.3, -0.25) is 0 Å². The fraction of sp³-hybridized carbons (Fsp3) is 0.294. The summed E-state index contributed by atoms with van der Waals surface area (Å²) in [5.41, 5.74) is 0.857. The third kappa shape index (κ3) is 5.75. The van der Waals surface area contributed by atoms with Gasteiger partial charge in [-0.15, -0.1) is 0 Å². The minimum atomic E-state index is -3.41. The van der Waals surface area contributed by atoms with Gasteiger partial charge in [0.25, 0.3) is 0 Å². The standard InChI is InChI=1S/C17H21NO5S/c1-21-15-5-3-14(4-6-15)13-18-24(19,20)12-11-23-17-9-7-16(22-2)8-10-17/h3-10,18H,11-13H2,1-2H3. The van der Waals surface area contributed by atoms with Gasteiger partial charge < -0.3 is 14.2 Å². The summed E-state index contributed by atoms with van der Waals surface area (Å²) in [6.07, 6.45) is 0. The van der Waals surface area contributed by atoms with E-state index in [4.69, 9.17) is 14.2 Å². The number of ether oxygens (including phenoxy) is 3. The second-order valence-corrected chi connectivity index (χ2v) is 6.94. The second kappa shape index (κ2) is 8.56.